The summed E-state index contributed by atoms with van der Waals surface area (Å²) in [5.41, 5.74) is 2.82. The molecular formula is C36H57FN4O4. The highest BCUT2D eigenvalue weighted by atomic mass is 19.1. The molecule has 252 valence electrons. The van der Waals surface area contributed by atoms with Crippen LogP contribution < -0.4 is 14.2 Å². The number of hydrogen-bond donors (Lipinski definition) is 1. The van der Waals surface area contributed by atoms with Gasteiger partial charge in [0.2, 0.25) is 5.88 Å². The Bertz CT molecular complexity index is 1450. The van der Waals surface area contributed by atoms with Crippen LogP contribution in [0.2, 0.25) is 0 Å². The predicted octanol–water partition coefficient (Wildman–Crippen LogP) is 9.59. The van der Waals surface area contributed by atoms with E-state index in [1.54, 1.807) is 37.4 Å². The second-order valence-electron chi connectivity index (χ2n) is 10.7. The molecule has 4 heterocycles. The summed E-state index contributed by atoms with van der Waals surface area (Å²) >= 11 is 0. The zero-order valence-electron chi connectivity index (χ0n) is 27.9. The number of piperidine rings is 1. The van der Waals surface area contributed by atoms with Crippen molar-refractivity contribution in [3.63, 3.8) is 0 Å². The van der Waals surface area contributed by atoms with Crippen LogP contribution in [0.3, 0.4) is 0 Å². The largest absolute Gasteiger partial charge is 0.493 e. The highest BCUT2D eigenvalue weighted by Gasteiger charge is 2.40. The van der Waals surface area contributed by atoms with E-state index in [-0.39, 0.29) is 20.5 Å². The number of likely N-dealkylation sites (tertiary alicyclic amines) is 1. The van der Waals surface area contributed by atoms with E-state index in [2.05, 4.69) is 26.8 Å². The van der Waals surface area contributed by atoms with Gasteiger partial charge in [0.25, 0.3) is 0 Å². The highest BCUT2D eigenvalue weighted by molar-refractivity contribution is 5.87. The monoisotopic (exact) mass is 628 g/mol. The molecule has 1 spiro atoms. The minimum Gasteiger partial charge on any atom is -0.493 e. The van der Waals surface area contributed by atoms with Gasteiger partial charge in [-0.2, -0.15) is 0 Å². The maximum atomic E-state index is 14.8. The third-order valence-corrected chi connectivity index (χ3v) is 7.79. The fourth-order valence-electron chi connectivity index (χ4n) is 5.33. The Labute approximate surface area is 271 Å². The first-order chi connectivity index (χ1) is 21.4. The first-order valence-corrected chi connectivity index (χ1v) is 16.2. The molecule has 2 fully saturated rings. The summed E-state index contributed by atoms with van der Waals surface area (Å²) in [5.74, 6) is 0.997. The molecule has 0 radical (unpaired) electrons. The van der Waals surface area contributed by atoms with Gasteiger partial charge in [-0.3, -0.25) is 0 Å². The van der Waals surface area contributed by atoms with Gasteiger partial charge in [0, 0.05) is 29.5 Å². The van der Waals surface area contributed by atoms with Gasteiger partial charge >= 0.3 is 0 Å². The molecule has 0 amide bonds. The van der Waals surface area contributed by atoms with Gasteiger partial charge in [-0.1, -0.05) is 48.5 Å². The molecule has 4 aromatic rings. The van der Waals surface area contributed by atoms with Crippen molar-refractivity contribution in [2.45, 2.75) is 81.6 Å². The normalized spacial score (nSPS) is 14.9. The lowest BCUT2D eigenvalue weighted by atomic mass is 9.77. The zero-order valence-corrected chi connectivity index (χ0v) is 27.9. The van der Waals surface area contributed by atoms with E-state index in [4.69, 9.17) is 18.9 Å². The number of hydrogen-bond acceptors (Lipinski definition) is 7. The number of nitrogens with one attached hydrogen (secondary N) is 1. The van der Waals surface area contributed by atoms with Crippen LogP contribution in [0.25, 0.3) is 21.8 Å². The first kappa shape index (κ1) is 37.8. The van der Waals surface area contributed by atoms with Gasteiger partial charge in [-0.15, -0.1) is 0 Å². The molecule has 0 bridgehead atoms. The molecule has 8 nitrogen and oxygen atoms in total. The van der Waals surface area contributed by atoms with Crippen LogP contribution in [-0.2, 0) is 4.74 Å². The van der Waals surface area contributed by atoms with Crippen LogP contribution in [-0.4, -0.2) is 66.4 Å². The lowest BCUT2D eigenvalue weighted by Crippen LogP contribution is -2.50. The van der Waals surface area contributed by atoms with Crippen LogP contribution in [0.1, 0.15) is 81.8 Å². The molecule has 0 atom stereocenters. The highest BCUT2D eigenvalue weighted by Crippen LogP contribution is 2.39. The quantitative estimate of drug-likeness (QED) is 0.208. The minimum atomic E-state index is -0.443. The number of fused-ring (bicyclic) bond motifs is 2. The number of nitrogens with zero attached hydrogens (tertiary/aromatic N) is 3. The Morgan fingerprint density at radius 1 is 0.978 bits per heavy atom. The van der Waals surface area contributed by atoms with E-state index >= 15 is 0 Å². The number of aryl methyl sites for hydroxylation is 1. The number of aromatic amines is 1. The Morgan fingerprint density at radius 3 is 2.29 bits per heavy atom. The second-order valence-corrected chi connectivity index (χ2v) is 10.7. The molecule has 45 heavy (non-hydrogen) atoms. The van der Waals surface area contributed by atoms with E-state index in [9.17, 15) is 4.39 Å². The Morgan fingerprint density at radius 2 is 1.69 bits per heavy atom. The summed E-state index contributed by atoms with van der Waals surface area (Å²) in [6.45, 7) is 20.5. The van der Waals surface area contributed by atoms with Crippen molar-refractivity contribution < 1.29 is 24.8 Å². The van der Waals surface area contributed by atoms with Crippen molar-refractivity contribution in [1.82, 2.24) is 19.9 Å². The zero-order chi connectivity index (χ0) is 32.1. The van der Waals surface area contributed by atoms with Crippen LogP contribution in [0, 0.1) is 18.2 Å². The van der Waals surface area contributed by atoms with E-state index in [0.717, 1.165) is 18.9 Å². The average molecular weight is 629 g/mol. The van der Waals surface area contributed by atoms with Crippen LogP contribution in [0.15, 0.2) is 36.7 Å². The molecule has 2 aliphatic heterocycles. The molecule has 2 aromatic carbocycles. The fourth-order valence-corrected chi connectivity index (χ4v) is 5.33. The fraction of sp³-hybridized carbons (Fsp3) is 0.556. The Hall–Kier alpha value is -3.43. The second kappa shape index (κ2) is 18.5. The summed E-state index contributed by atoms with van der Waals surface area (Å²) in [5, 5.41) is 1.07. The third-order valence-electron chi connectivity index (χ3n) is 7.79. The standard InChI is InChI=1S/C20H18FN3O3.C11H21NO.2C2H6.CH4.H2/c1-4-26-18-9-15-13(8-17(18)25-3)20(23-10-22-15)27-16-6-5-14-12(19(16)21)7-11(2)24-14;1-2-3-6-12-7-4-11(5-8-12)9-13-10-11;2*1-2;;/h5-10,24H,4H2,1-3H3;2-10H2,1H3;2*1-2H3;1H4;1H. The van der Waals surface area contributed by atoms with Gasteiger partial charge < -0.3 is 28.8 Å². The molecule has 2 saturated heterocycles. The summed E-state index contributed by atoms with van der Waals surface area (Å²) < 4.78 is 36.9. The number of rotatable bonds is 8. The van der Waals surface area contributed by atoms with Crippen molar-refractivity contribution >= 4 is 21.8 Å². The average Bonchev–Trinajstić information content (AvgIpc) is 3.44. The number of unbranched alkanes of at least 4 members (excludes halogenated alkanes) is 1. The minimum absolute atomic E-state index is 0. The number of ether oxygens (including phenoxy) is 4. The number of methoxy groups -OCH3 is 1. The van der Waals surface area contributed by atoms with E-state index in [1.165, 1.54) is 51.6 Å². The van der Waals surface area contributed by atoms with Crippen molar-refractivity contribution in [3.05, 3.63) is 48.2 Å². The molecule has 2 aliphatic rings. The Balaban J connectivity index is 0.000000471. The van der Waals surface area contributed by atoms with Gasteiger partial charge in [0.05, 0.1) is 37.8 Å². The lowest BCUT2D eigenvalue weighted by Gasteiger charge is -2.47. The number of H-pyrrole nitrogens is 1. The molecule has 6 rings (SSSR count). The number of aromatic nitrogens is 3. The van der Waals surface area contributed by atoms with E-state index in [0.29, 0.717) is 45.3 Å². The van der Waals surface area contributed by atoms with Gasteiger partial charge in [0.15, 0.2) is 23.1 Å². The molecule has 9 heteroatoms. The molecule has 1 N–H and O–H groups in total. The molecule has 0 saturated carbocycles. The van der Waals surface area contributed by atoms with Crippen molar-refractivity contribution in [2.75, 3.05) is 46.6 Å². The first-order valence-electron chi connectivity index (χ1n) is 16.2. The van der Waals surface area contributed by atoms with Crippen LogP contribution in [0.5, 0.6) is 23.1 Å². The lowest BCUT2D eigenvalue weighted by molar-refractivity contribution is -0.139. The van der Waals surface area contributed by atoms with Gasteiger partial charge in [-0.05, 0) is 77.0 Å². The number of halogens is 1. The van der Waals surface area contributed by atoms with E-state index in [1.807, 2.05) is 41.5 Å². The van der Waals surface area contributed by atoms with Crippen LogP contribution >= 0.6 is 0 Å². The number of benzene rings is 2. The summed E-state index contributed by atoms with van der Waals surface area (Å²) in [4.78, 5) is 14.1. The SMILES string of the molecule is C.CC.CC.CCCCN1CCC2(CC1)COC2.CCOc1cc2ncnc(Oc3ccc4[nH]c(C)cc4c3F)c2cc1OC.[HH]. The van der Waals surface area contributed by atoms with Crippen molar-refractivity contribution in [3.8, 4) is 23.1 Å². The Kier molecular flexibility index (Phi) is 15.5. The molecule has 0 aliphatic carbocycles. The van der Waals surface area contributed by atoms with Crippen molar-refractivity contribution in [1.29, 1.82) is 0 Å². The molecule has 0 unspecified atom stereocenters. The topological polar surface area (TPSA) is 81.7 Å². The smallest absolute Gasteiger partial charge is 0.230 e. The summed E-state index contributed by atoms with van der Waals surface area (Å²) in [6.07, 6.45) is 6.80. The predicted molar refractivity (Wildman–Crippen MR) is 186 cm³/mol. The van der Waals surface area contributed by atoms with Gasteiger partial charge in [0.1, 0.15) is 6.33 Å². The van der Waals surface area contributed by atoms with Crippen molar-refractivity contribution in [2.24, 2.45) is 5.41 Å². The maximum Gasteiger partial charge on any atom is 0.230 e. The van der Waals surface area contributed by atoms with Crippen LogP contribution in [0.4, 0.5) is 4.39 Å². The summed E-state index contributed by atoms with van der Waals surface area (Å²) in [6, 6.07) is 8.58. The summed E-state index contributed by atoms with van der Waals surface area (Å²) in [7, 11) is 1.55. The molecule has 2 aromatic heterocycles. The third kappa shape index (κ3) is 9.30. The maximum absolute atomic E-state index is 14.8. The van der Waals surface area contributed by atoms with E-state index < -0.39 is 5.82 Å². The molecular weight excluding hydrogens is 571 g/mol. The van der Waals surface area contributed by atoms with Gasteiger partial charge in [-0.25, -0.2) is 14.4 Å².